The molecule has 30 heavy (non-hydrogen) atoms. The van der Waals surface area contributed by atoms with Crippen molar-refractivity contribution in [2.24, 2.45) is 0 Å². The van der Waals surface area contributed by atoms with Gasteiger partial charge in [-0.2, -0.15) is 0 Å². The molecule has 1 fully saturated rings. The van der Waals surface area contributed by atoms with Crippen LogP contribution in [-0.4, -0.2) is 45.7 Å². The van der Waals surface area contributed by atoms with Gasteiger partial charge in [-0.1, -0.05) is 12.1 Å². The first kappa shape index (κ1) is 20.4. The largest absolute Gasteiger partial charge is 0.497 e. The third-order valence-corrected chi connectivity index (χ3v) is 6.35. The van der Waals surface area contributed by atoms with E-state index in [4.69, 9.17) is 4.74 Å². The van der Waals surface area contributed by atoms with Crippen molar-refractivity contribution in [3.05, 3.63) is 71.1 Å². The maximum absolute atomic E-state index is 13.3. The predicted molar refractivity (Wildman–Crippen MR) is 119 cm³/mol. The summed E-state index contributed by atoms with van der Waals surface area (Å²) < 4.78 is 5.27. The number of hydrogen-bond acceptors (Lipinski definition) is 4. The molecule has 7 heteroatoms. The number of H-pyrrole nitrogens is 1. The standard InChI is InChI=1S/C23H26N4O2S/c1-29-20-9-7-19(8-10-20)27(17-21-5-4-16-30-21)23(28)18-25-12-14-26(15-13-25)22-6-2-3-11-24-22/h2-11,16H,12-15,17-18H2,1H3/p+2. The normalized spacial score (nSPS) is 14.5. The Kier molecular flexibility index (Phi) is 6.61. The second-order valence-corrected chi connectivity index (χ2v) is 8.45. The van der Waals surface area contributed by atoms with Crippen LogP contribution < -0.4 is 24.4 Å². The SMILES string of the molecule is COc1ccc(N(Cc2cccs2)C(=O)C[NH+]2CCN(c3cccc[nH+]3)CC2)cc1. The fourth-order valence-electron chi connectivity index (χ4n) is 3.77. The minimum atomic E-state index is 0.156. The van der Waals surface area contributed by atoms with E-state index in [1.54, 1.807) is 18.4 Å². The van der Waals surface area contributed by atoms with Crippen LogP contribution in [-0.2, 0) is 11.3 Å². The lowest BCUT2D eigenvalue weighted by molar-refractivity contribution is -0.892. The number of benzene rings is 1. The van der Waals surface area contributed by atoms with Crippen molar-refractivity contribution in [3.8, 4) is 5.75 Å². The summed E-state index contributed by atoms with van der Waals surface area (Å²) in [6, 6.07) is 18.0. The number of nitrogens with zero attached hydrogens (tertiary/aromatic N) is 2. The number of piperazine rings is 1. The summed E-state index contributed by atoms with van der Waals surface area (Å²) in [4.78, 5) is 23.4. The van der Waals surface area contributed by atoms with E-state index in [9.17, 15) is 4.79 Å². The number of carbonyl (C=O) groups excluding carboxylic acids is 1. The number of amides is 1. The first-order valence-corrected chi connectivity index (χ1v) is 11.1. The second kappa shape index (κ2) is 9.73. The summed E-state index contributed by atoms with van der Waals surface area (Å²) in [6.07, 6.45) is 1.95. The molecule has 3 aromatic rings. The van der Waals surface area contributed by atoms with Gasteiger partial charge in [-0.15, -0.1) is 11.3 Å². The van der Waals surface area contributed by atoms with Gasteiger partial charge >= 0.3 is 0 Å². The highest BCUT2D eigenvalue weighted by molar-refractivity contribution is 7.09. The van der Waals surface area contributed by atoms with Gasteiger partial charge in [0.25, 0.3) is 11.7 Å². The Bertz CT molecular complexity index is 924. The van der Waals surface area contributed by atoms with Gasteiger partial charge in [0.05, 0.1) is 19.9 Å². The van der Waals surface area contributed by atoms with Crippen molar-refractivity contribution in [2.45, 2.75) is 6.54 Å². The maximum Gasteiger partial charge on any atom is 0.282 e. The van der Waals surface area contributed by atoms with Gasteiger partial charge in [0.15, 0.2) is 6.54 Å². The summed E-state index contributed by atoms with van der Waals surface area (Å²) in [5, 5.41) is 2.05. The van der Waals surface area contributed by atoms with Crippen LogP contribution in [0.5, 0.6) is 5.75 Å². The molecule has 1 amide bonds. The van der Waals surface area contributed by atoms with Crippen molar-refractivity contribution < 1.29 is 19.4 Å². The summed E-state index contributed by atoms with van der Waals surface area (Å²) in [6.45, 7) is 4.88. The highest BCUT2D eigenvalue weighted by Gasteiger charge is 2.29. The van der Waals surface area contributed by atoms with Crippen molar-refractivity contribution in [3.63, 3.8) is 0 Å². The number of rotatable bonds is 7. The van der Waals surface area contributed by atoms with E-state index in [1.165, 1.54) is 9.78 Å². The van der Waals surface area contributed by atoms with Crippen molar-refractivity contribution in [1.82, 2.24) is 0 Å². The smallest absolute Gasteiger partial charge is 0.282 e. The van der Waals surface area contributed by atoms with E-state index < -0.39 is 0 Å². The van der Waals surface area contributed by atoms with E-state index in [0.717, 1.165) is 43.4 Å². The average molecular weight is 425 g/mol. The van der Waals surface area contributed by atoms with Gasteiger partial charge in [-0.3, -0.25) is 9.69 Å². The number of nitrogens with one attached hydrogen (secondary N) is 2. The molecule has 0 saturated carbocycles. The number of aromatic amines is 1. The lowest BCUT2D eigenvalue weighted by Crippen LogP contribution is -3.16. The number of methoxy groups -OCH3 is 1. The van der Waals surface area contributed by atoms with Crippen LogP contribution >= 0.6 is 11.3 Å². The third kappa shape index (κ3) is 4.98. The fraction of sp³-hybridized carbons (Fsp3) is 0.304. The van der Waals surface area contributed by atoms with Crippen LogP contribution in [0.3, 0.4) is 0 Å². The molecule has 0 bridgehead atoms. The number of pyridine rings is 1. The van der Waals surface area contributed by atoms with Crippen LogP contribution in [0, 0.1) is 0 Å². The lowest BCUT2D eigenvalue weighted by Gasteiger charge is -2.30. The molecular weight excluding hydrogens is 396 g/mol. The first-order valence-electron chi connectivity index (χ1n) is 10.2. The van der Waals surface area contributed by atoms with Crippen LogP contribution in [0.2, 0.25) is 0 Å². The zero-order chi connectivity index (χ0) is 20.8. The molecule has 4 rings (SSSR count). The van der Waals surface area contributed by atoms with Crippen molar-refractivity contribution in [1.29, 1.82) is 0 Å². The average Bonchev–Trinajstić information content (AvgIpc) is 3.32. The van der Waals surface area contributed by atoms with Gasteiger partial charge in [0, 0.05) is 16.6 Å². The van der Waals surface area contributed by atoms with Gasteiger partial charge in [0.2, 0.25) is 0 Å². The molecule has 2 N–H and O–H groups in total. The summed E-state index contributed by atoms with van der Waals surface area (Å²) >= 11 is 1.68. The topological polar surface area (TPSA) is 51.4 Å². The maximum atomic E-state index is 13.3. The lowest BCUT2D eigenvalue weighted by atomic mass is 10.2. The summed E-state index contributed by atoms with van der Waals surface area (Å²) in [5.41, 5.74) is 0.908. The Hall–Kier alpha value is -2.90. The Morgan fingerprint density at radius 3 is 2.57 bits per heavy atom. The zero-order valence-electron chi connectivity index (χ0n) is 17.2. The monoisotopic (exact) mass is 424 g/mol. The van der Waals surface area contributed by atoms with E-state index >= 15 is 0 Å². The van der Waals surface area contributed by atoms with Gasteiger partial charge < -0.3 is 14.5 Å². The molecule has 1 aromatic carbocycles. The highest BCUT2D eigenvalue weighted by atomic mass is 32.1. The molecular formula is C23H28N4O2S+2. The number of thiophene rings is 1. The predicted octanol–water partition coefficient (Wildman–Crippen LogP) is 1.51. The second-order valence-electron chi connectivity index (χ2n) is 7.42. The Morgan fingerprint density at radius 2 is 1.93 bits per heavy atom. The quantitative estimate of drug-likeness (QED) is 0.626. The van der Waals surface area contributed by atoms with Gasteiger partial charge in [-0.25, -0.2) is 4.98 Å². The number of aromatic nitrogens is 1. The third-order valence-electron chi connectivity index (χ3n) is 5.48. The van der Waals surface area contributed by atoms with Crippen molar-refractivity contribution in [2.75, 3.05) is 49.6 Å². The molecule has 3 heterocycles. The van der Waals surface area contributed by atoms with Crippen molar-refractivity contribution >= 4 is 28.7 Å². The zero-order valence-corrected chi connectivity index (χ0v) is 18.0. The van der Waals surface area contributed by atoms with E-state index in [2.05, 4.69) is 27.4 Å². The van der Waals surface area contributed by atoms with Crippen LogP contribution in [0.15, 0.2) is 66.2 Å². The number of hydrogen-bond donors (Lipinski definition) is 1. The minimum Gasteiger partial charge on any atom is -0.497 e. The molecule has 0 radical (unpaired) electrons. The highest BCUT2D eigenvalue weighted by Crippen LogP contribution is 2.22. The molecule has 6 nitrogen and oxygen atoms in total. The number of anilines is 2. The number of carbonyl (C=O) groups is 1. The molecule has 0 atom stereocenters. The van der Waals surface area contributed by atoms with E-state index in [0.29, 0.717) is 13.1 Å². The molecule has 0 unspecified atom stereocenters. The van der Waals surface area contributed by atoms with Gasteiger partial charge in [-0.05, 0) is 41.8 Å². The number of ether oxygens (including phenoxy) is 1. The molecule has 1 aliphatic heterocycles. The van der Waals surface area contributed by atoms with Crippen LogP contribution in [0.25, 0.3) is 0 Å². The molecule has 1 aliphatic rings. The summed E-state index contributed by atoms with van der Waals surface area (Å²) in [7, 11) is 1.65. The molecule has 156 valence electrons. The van der Waals surface area contributed by atoms with Crippen LogP contribution in [0.1, 0.15) is 4.88 Å². The molecule has 2 aromatic heterocycles. The Labute approximate surface area is 181 Å². The molecule has 1 saturated heterocycles. The Balaban J connectivity index is 1.41. The minimum absolute atomic E-state index is 0.156. The number of quaternary nitrogens is 1. The molecule has 0 aliphatic carbocycles. The first-order chi connectivity index (χ1) is 14.7. The van der Waals surface area contributed by atoms with Crippen LogP contribution in [0.4, 0.5) is 11.5 Å². The van der Waals surface area contributed by atoms with Gasteiger partial charge in [0.1, 0.15) is 31.9 Å². The summed E-state index contributed by atoms with van der Waals surface area (Å²) in [5.74, 6) is 2.09. The Morgan fingerprint density at radius 1 is 1.13 bits per heavy atom. The van der Waals surface area contributed by atoms with E-state index in [-0.39, 0.29) is 5.91 Å². The fourth-order valence-corrected chi connectivity index (χ4v) is 4.47. The van der Waals surface area contributed by atoms with E-state index in [1.807, 2.05) is 53.6 Å². The molecule has 0 spiro atoms.